The number of para-hydroxylation sites is 1. The summed E-state index contributed by atoms with van der Waals surface area (Å²) in [5.41, 5.74) is 1.47. The van der Waals surface area contributed by atoms with Crippen molar-refractivity contribution in [3.8, 4) is 23.1 Å². The highest BCUT2D eigenvalue weighted by molar-refractivity contribution is 9.10. The van der Waals surface area contributed by atoms with Crippen molar-refractivity contribution in [3.63, 3.8) is 0 Å². The molecule has 0 amide bonds. The van der Waals surface area contributed by atoms with E-state index in [1.165, 1.54) is 10.9 Å². The molecule has 200 valence electrons. The molecule has 2 heterocycles. The van der Waals surface area contributed by atoms with Gasteiger partial charge in [0.15, 0.2) is 17.3 Å². The highest BCUT2D eigenvalue weighted by Crippen LogP contribution is 2.43. The molecule has 0 saturated carbocycles. The van der Waals surface area contributed by atoms with E-state index < -0.39 is 0 Å². The van der Waals surface area contributed by atoms with Gasteiger partial charge in [-0.1, -0.05) is 46.6 Å². The smallest absolute Gasteiger partial charge is 0.282 e. The van der Waals surface area contributed by atoms with Gasteiger partial charge in [0.05, 0.1) is 29.8 Å². The molecule has 2 aromatic heterocycles. The van der Waals surface area contributed by atoms with Crippen LogP contribution in [0.15, 0.2) is 77.9 Å². The lowest BCUT2D eigenvalue weighted by molar-refractivity contribution is 0.203. The van der Waals surface area contributed by atoms with Crippen molar-refractivity contribution in [2.45, 2.75) is 33.3 Å². The third-order valence-electron chi connectivity index (χ3n) is 6.11. The highest BCUT2D eigenvalue weighted by Gasteiger charge is 2.20. The summed E-state index contributed by atoms with van der Waals surface area (Å²) in [5, 5.41) is 6.22. The lowest BCUT2D eigenvalue weighted by Gasteiger charge is -2.19. The fourth-order valence-electron chi connectivity index (χ4n) is 3.99. The van der Waals surface area contributed by atoms with Crippen molar-refractivity contribution in [2.24, 2.45) is 5.10 Å². The van der Waals surface area contributed by atoms with Crippen molar-refractivity contribution in [1.82, 2.24) is 9.66 Å². The van der Waals surface area contributed by atoms with Gasteiger partial charge in [0.1, 0.15) is 10.6 Å². The fraction of sp³-hybridized carbons (Fsp3) is 0.207. The average Bonchev–Trinajstić information content (AvgIpc) is 3.35. The Bertz CT molecular complexity index is 1780. The zero-order chi connectivity index (χ0) is 27.7. The topological polar surface area (TPSA) is 78.9 Å². The monoisotopic (exact) mass is 671 g/mol. The summed E-state index contributed by atoms with van der Waals surface area (Å²) < 4.78 is 20.7. The van der Waals surface area contributed by atoms with Crippen molar-refractivity contribution in [1.29, 1.82) is 0 Å². The third-order valence-corrected chi connectivity index (χ3v) is 8.05. The van der Waals surface area contributed by atoms with Gasteiger partial charge in [-0.2, -0.15) is 9.78 Å². The molecule has 1 atom stereocenters. The number of fused-ring (bicyclic) bond motifs is 2. The van der Waals surface area contributed by atoms with E-state index in [9.17, 15) is 4.79 Å². The Hall–Kier alpha value is -3.14. The van der Waals surface area contributed by atoms with E-state index in [1.807, 2.05) is 51.1 Å². The molecule has 0 radical (unpaired) electrons. The molecule has 0 fully saturated rings. The minimum atomic E-state index is -0.336. The van der Waals surface area contributed by atoms with E-state index in [0.717, 1.165) is 16.3 Å². The van der Waals surface area contributed by atoms with Crippen LogP contribution < -0.4 is 15.0 Å². The van der Waals surface area contributed by atoms with Crippen LogP contribution in [0.2, 0.25) is 5.02 Å². The first-order chi connectivity index (χ1) is 18.8. The molecule has 0 N–H and O–H groups in total. The maximum absolute atomic E-state index is 13.6. The number of furan rings is 1. The van der Waals surface area contributed by atoms with E-state index in [0.29, 0.717) is 55.4 Å². The first-order valence-electron chi connectivity index (χ1n) is 12.4. The number of ether oxygens (including phenoxy) is 2. The molecular formula is C29H24Br2ClN3O4. The third kappa shape index (κ3) is 5.48. The van der Waals surface area contributed by atoms with Crippen LogP contribution in [0.25, 0.3) is 33.5 Å². The maximum Gasteiger partial charge on any atom is 0.282 e. The van der Waals surface area contributed by atoms with E-state index in [4.69, 9.17) is 30.5 Å². The SMILES string of the molecule is CCOc1cc(C=Nn2c(-c3cc4cc(Br)ccc4o3)nc3ccccc3c2=O)c(Br)c(Cl)c1O[C@H](C)CC. The molecule has 0 spiro atoms. The Kier molecular flexibility index (Phi) is 8.11. The molecule has 39 heavy (non-hydrogen) atoms. The van der Waals surface area contributed by atoms with Crippen LogP contribution in [0.4, 0.5) is 0 Å². The van der Waals surface area contributed by atoms with Crippen LogP contribution in [0.3, 0.4) is 0 Å². The fourth-order valence-corrected chi connectivity index (χ4v) is 5.01. The van der Waals surface area contributed by atoms with Crippen LogP contribution in [-0.2, 0) is 0 Å². The summed E-state index contributed by atoms with van der Waals surface area (Å²) in [6, 6.07) is 16.4. The summed E-state index contributed by atoms with van der Waals surface area (Å²) in [5.74, 6) is 1.62. The zero-order valence-electron chi connectivity index (χ0n) is 21.4. The van der Waals surface area contributed by atoms with E-state index in [2.05, 4.69) is 37.0 Å². The molecule has 3 aromatic carbocycles. The van der Waals surface area contributed by atoms with E-state index in [-0.39, 0.29) is 17.5 Å². The second-order valence-electron chi connectivity index (χ2n) is 8.80. The van der Waals surface area contributed by atoms with Gasteiger partial charge in [-0.25, -0.2) is 4.98 Å². The Morgan fingerprint density at radius 3 is 2.72 bits per heavy atom. The average molecular weight is 674 g/mol. The molecule has 0 aliphatic heterocycles. The maximum atomic E-state index is 13.6. The van der Waals surface area contributed by atoms with Crippen molar-refractivity contribution in [3.05, 3.63) is 84.5 Å². The number of hydrogen-bond acceptors (Lipinski definition) is 6. The molecule has 10 heteroatoms. The van der Waals surface area contributed by atoms with Gasteiger partial charge >= 0.3 is 0 Å². The second kappa shape index (κ2) is 11.5. The van der Waals surface area contributed by atoms with Crippen LogP contribution in [-0.4, -0.2) is 28.6 Å². The van der Waals surface area contributed by atoms with Crippen LogP contribution in [0.5, 0.6) is 11.5 Å². The summed E-state index contributed by atoms with van der Waals surface area (Å²) >= 11 is 13.8. The van der Waals surface area contributed by atoms with Gasteiger partial charge in [0.2, 0.25) is 5.82 Å². The Labute approximate surface area is 246 Å². The van der Waals surface area contributed by atoms with Gasteiger partial charge in [-0.3, -0.25) is 4.79 Å². The molecule has 0 bridgehead atoms. The predicted molar refractivity (Wildman–Crippen MR) is 163 cm³/mol. The number of rotatable bonds is 8. The first-order valence-corrected chi connectivity index (χ1v) is 14.3. The lowest BCUT2D eigenvalue weighted by atomic mass is 10.2. The largest absolute Gasteiger partial charge is 0.490 e. The summed E-state index contributed by atoms with van der Waals surface area (Å²) in [6.07, 6.45) is 2.29. The first kappa shape index (κ1) is 27.4. The second-order valence-corrected chi connectivity index (χ2v) is 10.9. The molecule has 0 unspecified atom stereocenters. The molecule has 0 aliphatic carbocycles. The van der Waals surface area contributed by atoms with E-state index in [1.54, 1.807) is 24.3 Å². The van der Waals surface area contributed by atoms with Crippen LogP contribution in [0.1, 0.15) is 32.8 Å². The summed E-state index contributed by atoms with van der Waals surface area (Å²) in [4.78, 5) is 18.4. The van der Waals surface area contributed by atoms with Crippen LogP contribution >= 0.6 is 43.5 Å². The molecule has 0 saturated heterocycles. The molecule has 0 aliphatic rings. The van der Waals surface area contributed by atoms with Crippen molar-refractivity contribution >= 4 is 71.5 Å². The van der Waals surface area contributed by atoms with Gasteiger partial charge in [0.25, 0.3) is 5.56 Å². The Morgan fingerprint density at radius 2 is 1.95 bits per heavy atom. The zero-order valence-corrected chi connectivity index (χ0v) is 25.3. The number of aromatic nitrogens is 2. The Morgan fingerprint density at radius 1 is 1.15 bits per heavy atom. The number of hydrogen-bond donors (Lipinski definition) is 0. The van der Waals surface area contributed by atoms with Gasteiger partial charge in [0, 0.05) is 19.9 Å². The molecule has 5 rings (SSSR count). The van der Waals surface area contributed by atoms with Crippen LogP contribution in [0, 0.1) is 0 Å². The quantitative estimate of drug-likeness (QED) is 0.155. The standard InChI is InChI=1S/C29H24Br2ClN3O4/c1-4-16(3)38-27-23(37-5-2)14-18(25(31)26(27)32)15-33-35-28(34-21-9-7-6-8-20(21)29(35)36)24-13-17-12-19(30)10-11-22(17)39-24/h6-16H,4-5H2,1-3H3/t16-/m1/s1. The van der Waals surface area contributed by atoms with Gasteiger partial charge in [-0.05, 0) is 78.7 Å². The molecular weight excluding hydrogens is 650 g/mol. The number of nitrogens with zero attached hydrogens (tertiary/aromatic N) is 3. The normalized spacial score (nSPS) is 12.5. The lowest BCUT2D eigenvalue weighted by Crippen LogP contribution is -2.20. The minimum absolute atomic E-state index is 0.0534. The summed E-state index contributed by atoms with van der Waals surface area (Å²) in [6.45, 7) is 6.30. The molecule has 7 nitrogen and oxygen atoms in total. The van der Waals surface area contributed by atoms with Gasteiger partial charge in [-0.15, -0.1) is 0 Å². The number of benzene rings is 3. The highest BCUT2D eigenvalue weighted by atomic mass is 79.9. The van der Waals surface area contributed by atoms with Crippen molar-refractivity contribution < 1.29 is 13.9 Å². The van der Waals surface area contributed by atoms with Gasteiger partial charge < -0.3 is 13.9 Å². The molecule has 5 aromatic rings. The summed E-state index contributed by atoms with van der Waals surface area (Å²) in [7, 11) is 0. The van der Waals surface area contributed by atoms with E-state index >= 15 is 0 Å². The van der Waals surface area contributed by atoms with Crippen molar-refractivity contribution in [2.75, 3.05) is 6.61 Å². The number of halogens is 3. The minimum Gasteiger partial charge on any atom is -0.490 e. The Balaban J connectivity index is 1.67. The predicted octanol–water partition coefficient (Wildman–Crippen LogP) is 8.45.